The van der Waals surface area contributed by atoms with Gasteiger partial charge in [-0.15, -0.1) is 0 Å². The van der Waals surface area contributed by atoms with Gasteiger partial charge in [0.1, 0.15) is 18.3 Å². The lowest BCUT2D eigenvalue weighted by atomic mass is 9.44. The summed E-state index contributed by atoms with van der Waals surface area (Å²) >= 11 is 0. The van der Waals surface area contributed by atoms with E-state index >= 15 is 0 Å². The van der Waals surface area contributed by atoms with E-state index in [1.54, 1.807) is 0 Å². The van der Waals surface area contributed by atoms with Crippen LogP contribution in [0.25, 0.3) is 0 Å². The first-order valence-corrected chi connectivity index (χ1v) is 12.0. The van der Waals surface area contributed by atoms with E-state index in [2.05, 4.69) is 13.8 Å². The van der Waals surface area contributed by atoms with E-state index in [-0.39, 0.29) is 47.0 Å². The first kappa shape index (κ1) is 22.6. The average molecular weight is 435 g/mol. The van der Waals surface area contributed by atoms with Crippen molar-refractivity contribution in [3.63, 3.8) is 0 Å². The van der Waals surface area contributed by atoms with Gasteiger partial charge in [-0.05, 0) is 80.0 Å². The number of hydrogen-bond acceptors (Lipinski definition) is 6. The molecule has 4 aliphatic carbocycles. The molecule has 31 heavy (non-hydrogen) atoms. The van der Waals surface area contributed by atoms with Crippen molar-refractivity contribution < 1.29 is 28.6 Å². The van der Waals surface area contributed by atoms with Gasteiger partial charge in [-0.25, -0.2) is 0 Å². The number of carbonyl (C=O) groups is 3. The van der Waals surface area contributed by atoms with E-state index < -0.39 is 0 Å². The van der Waals surface area contributed by atoms with Gasteiger partial charge in [-0.3, -0.25) is 14.4 Å². The Morgan fingerprint density at radius 3 is 2.06 bits per heavy atom. The molecule has 4 aliphatic rings. The summed E-state index contributed by atoms with van der Waals surface area (Å²) in [6.07, 6.45) is 7.48. The lowest BCUT2D eigenvalue weighted by Gasteiger charge is -2.62. The van der Waals surface area contributed by atoms with Gasteiger partial charge in [0.25, 0.3) is 0 Å². The second kappa shape index (κ2) is 8.08. The van der Waals surface area contributed by atoms with Crippen molar-refractivity contribution >= 4 is 17.9 Å². The normalized spacial score (nSPS) is 46.2. The maximum Gasteiger partial charge on any atom is 0.302 e. The summed E-state index contributed by atoms with van der Waals surface area (Å²) in [5, 5.41) is 0. The van der Waals surface area contributed by atoms with E-state index in [0.29, 0.717) is 23.7 Å². The first-order valence-electron chi connectivity index (χ1n) is 12.0. The monoisotopic (exact) mass is 434 g/mol. The molecule has 0 spiro atoms. The summed E-state index contributed by atoms with van der Waals surface area (Å²) < 4.78 is 17.3. The molecule has 0 N–H and O–H groups in total. The van der Waals surface area contributed by atoms with Crippen LogP contribution in [-0.4, -0.2) is 36.2 Å². The van der Waals surface area contributed by atoms with Crippen LogP contribution < -0.4 is 0 Å². The molecule has 0 saturated heterocycles. The van der Waals surface area contributed by atoms with E-state index in [1.807, 2.05) is 0 Å². The van der Waals surface area contributed by atoms with Crippen molar-refractivity contribution in [3.05, 3.63) is 0 Å². The topological polar surface area (TPSA) is 78.9 Å². The Kier molecular flexibility index (Phi) is 5.89. The van der Waals surface area contributed by atoms with Crippen LogP contribution in [-0.2, 0) is 28.6 Å². The number of ether oxygens (including phenoxy) is 3. The Balaban J connectivity index is 1.62. The molecule has 174 valence electrons. The van der Waals surface area contributed by atoms with Gasteiger partial charge in [0, 0.05) is 26.7 Å². The van der Waals surface area contributed by atoms with Crippen molar-refractivity contribution in [1.82, 2.24) is 0 Å². The molecule has 4 saturated carbocycles. The van der Waals surface area contributed by atoms with Crippen LogP contribution >= 0.6 is 0 Å². The molecule has 0 aliphatic heterocycles. The van der Waals surface area contributed by atoms with Gasteiger partial charge in [-0.2, -0.15) is 0 Å². The quantitative estimate of drug-likeness (QED) is 0.483. The molecular formula is C25H38O6. The number of hydrogen-bond donors (Lipinski definition) is 0. The summed E-state index contributed by atoms with van der Waals surface area (Å²) in [4.78, 5) is 35.2. The van der Waals surface area contributed by atoms with E-state index in [0.717, 1.165) is 51.4 Å². The van der Waals surface area contributed by atoms with Gasteiger partial charge in [0.05, 0.1) is 0 Å². The zero-order valence-electron chi connectivity index (χ0n) is 19.6. The highest BCUT2D eigenvalue weighted by Crippen LogP contribution is 2.67. The number of fused-ring (bicyclic) bond motifs is 5. The fourth-order valence-electron chi connectivity index (χ4n) is 8.31. The summed E-state index contributed by atoms with van der Waals surface area (Å²) in [5.74, 6) is 1.12. The highest BCUT2D eigenvalue weighted by Gasteiger charge is 2.63. The second-order valence-electron chi connectivity index (χ2n) is 11.3. The van der Waals surface area contributed by atoms with Crippen LogP contribution in [0.3, 0.4) is 0 Å². The van der Waals surface area contributed by atoms with Crippen molar-refractivity contribution in [1.29, 1.82) is 0 Å². The van der Waals surface area contributed by atoms with Crippen LogP contribution in [0.1, 0.15) is 86.0 Å². The lowest BCUT2D eigenvalue weighted by Crippen LogP contribution is -2.59. The predicted molar refractivity (Wildman–Crippen MR) is 114 cm³/mol. The minimum Gasteiger partial charge on any atom is -0.463 e. The van der Waals surface area contributed by atoms with Gasteiger partial charge >= 0.3 is 17.9 Å². The maximum absolute atomic E-state index is 12.1. The average Bonchev–Trinajstić information content (AvgIpc) is 2.95. The molecule has 0 unspecified atom stereocenters. The molecule has 0 heterocycles. The Morgan fingerprint density at radius 1 is 0.774 bits per heavy atom. The SMILES string of the molecule is CC(=O)O[C@@H]1CC[C@@]2(C)[C@@H](CC[C@@H]3[C@@H]2[C@H](OC(C)=O)C[C@]2(C)C[C@@H](OC(C)=O)C[C@@H]32)C1. The lowest BCUT2D eigenvalue weighted by molar-refractivity contribution is -0.197. The van der Waals surface area contributed by atoms with E-state index in [4.69, 9.17) is 14.2 Å². The minimum absolute atomic E-state index is 0.00739. The third kappa shape index (κ3) is 4.11. The summed E-state index contributed by atoms with van der Waals surface area (Å²) in [6, 6.07) is 0. The van der Waals surface area contributed by atoms with Crippen molar-refractivity contribution in [2.24, 2.45) is 34.5 Å². The van der Waals surface area contributed by atoms with E-state index in [1.165, 1.54) is 20.8 Å². The smallest absolute Gasteiger partial charge is 0.302 e. The highest BCUT2D eigenvalue weighted by molar-refractivity contribution is 5.67. The zero-order chi connectivity index (χ0) is 22.6. The number of rotatable bonds is 3. The summed E-state index contributed by atoms with van der Waals surface area (Å²) in [5.41, 5.74) is 0.0973. The molecule has 6 nitrogen and oxygen atoms in total. The third-order valence-corrected chi connectivity index (χ3v) is 9.23. The summed E-state index contributed by atoms with van der Waals surface area (Å²) in [6.45, 7) is 9.18. The largest absolute Gasteiger partial charge is 0.463 e. The van der Waals surface area contributed by atoms with Crippen molar-refractivity contribution in [2.75, 3.05) is 0 Å². The molecule has 0 radical (unpaired) electrons. The molecule has 0 aromatic rings. The van der Waals surface area contributed by atoms with Crippen molar-refractivity contribution in [3.8, 4) is 0 Å². The van der Waals surface area contributed by atoms with Crippen LogP contribution in [0, 0.1) is 34.5 Å². The standard InChI is InChI=1S/C25H38O6/c1-14(26)29-18-8-9-25(5)17(10-18)6-7-20-21-11-19(30-15(2)27)12-24(21,4)13-22(23(20)25)31-16(3)28/h17-23H,6-13H2,1-5H3/t17-,18+,19-,20-,21-,22+,23+,24-,25-/m0/s1. The molecular weight excluding hydrogens is 396 g/mol. The van der Waals surface area contributed by atoms with Gasteiger partial charge in [0.2, 0.25) is 0 Å². The number of carbonyl (C=O) groups excluding carboxylic acids is 3. The molecule has 0 aromatic heterocycles. The van der Waals surface area contributed by atoms with Crippen molar-refractivity contribution in [2.45, 2.75) is 104 Å². The fourth-order valence-corrected chi connectivity index (χ4v) is 8.31. The summed E-state index contributed by atoms with van der Waals surface area (Å²) in [7, 11) is 0. The molecule has 0 bridgehead atoms. The Bertz CT molecular complexity index is 748. The molecule has 0 amide bonds. The van der Waals surface area contributed by atoms with Gasteiger partial charge in [0.15, 0.2) is 0 Å². The van der Waals surface area contributed by atoms with Gasteiger partial charge < -0.3 is 14.2 Å². The third-order valence-electron chi connectivity index (χ3n) is 9.23. The first-order chi connectivity index (χ1) is 14.5. The van der Waals surface area contributed by atoms with Crippen LogP contribution in [0.15, 0.2) is 0 Å². The predicted octanol–water partition coefficient (Wildman–Crippen LogP) is 4.43. The van der Waals surface area contributed by atoms with E-state index in [9.17, 15) is 14.4 Å². The molecule has 4 rings (SSSR count). The second-order valence-corrected chi connectivity index (χ2v) is 11.3. The minimum atomic E-state index is -0.209. The van der Waals surface area contributed by atoms with Crippen LogP contribution in [0.2, 0.25) is 0 Å². The number of esters is 3. The Labute approximate surface area is 185 Å². The Morgan fingerprint density at radius 2 is 1.42 bits per heavy atom. The molecule has 4 fully saturated rings. The maximum atomic E-state index is 12.1. The molecule has 0 aromatic carbocycles. The zero-order valence-corrected chi connectivity index (χ0v) is 19.6. The Hall–Kier alpha value is -1.59. The molecule has 9 atom stereocenters. The van der Waals surface area contributed by atoms with Crippen LogP contribution in [0.4, 0.5) is 0 Å². The van der Waals surface area contributed by atoms with Crippen LogP contribution in [0.5, 0.6) is 0 Å². The van der Waals surface area contributed by atoms with Gasteiger partial charge in [-0.1, -0.05) is 13.8 Å². The highest BCUT2D eigenvalue weighted by atomic mass is 16.6. The fraction of sp³-hybridized carbons (Fsp3) is 0.880. The molecule has 6 heteroatoms.